The molecule has 5 heteroatoms. The van der Waals surface area contributed by atoms with Crippen molar-refractivity contribution in [2.45, 2.75) is 12.5 Å². The van der Waals surface area contributed by atoms with E-state index in [1.54, 1.807) is 0 Å². The van der Waals surface area contributed by atoms with Gasteiger partial charge in [0.15, 0.2) is 0 Å². The molecule has 0 aromatic heterocycles. The lowest BCUT2D eigenvalue weighted by Crippen LogP contribution is -2.41. The van der Waals surface area contributed by atoms with Crippen LogP contribution in [0.4, 0.5) is 0 Å². The van der Waals surface area contributed by atoms with Crippen molar-refractivity contribution in [1.29, 1.82) is 0 Å². The second-order valence-electron chi connectivity index (χ2n) is 2.49. The maximum absolute atomic E-state index is 11.0. The molecule has 1 rings (SSSR count). The Morgan fingerprint density at radius 1 is 1.23 bits per heavy atom. The Morgan fingerprint density at radius 3 is 2.15 bits per heavy atom. The SMILES string of the molecule is O=CCC(C=O)N1C(=O)C=CC1=O. The molecule has 13 heavy (non-hydrogen) atoms. The van der Waals surface area contributed by atoms with Gasteiger partial charge in [-0.2, -0.15) is 0 Å². The van der Waals surface area contributed by atoms with Gasteiger partial charge in [-0.15, -0.1) is 0 Å². The van der Waals surface area contributed by atoms with Gasteiger partial charge in [-0.25, -0.2) is 0 Å². The Morgan fingerprint density at radius 2 is 1.77 bits per heavy atom. The van der Waals surface area contributed by atoms with Crippen molar-refractivity contribution in [2.24, 2.45) is 0 Å². The molecular formula is C8H7NO4. The zero-order chi connectivity index (χ0) is 9.84. The van der Waals surface area contributed by atoms with Gasteiger partial charge < -0.3 is 9.59 Å². The summed E-state index contributed by atoms with van der Waals surface area (Å²) in [5.74, 6) is -1.10. The normalized spacial score (nSPS) is 17.7. The fourth-order valence-electron chi connectivity index (χ4n) is 1.06. The van der Waals surface area contributed by atoms with Crippen molar-refractivity contribution in [1.82, 2.24) is 4.90 Å². The molecule has 0 aromatic carbocycles. The number of hydrogen-bond donors (Lipinski definition) is 0. The molecule has 0 aliphatic carbocycles. The van der Waals surface area contributed by atoms with Crippen LogP contribution in [0.15, 0.2) is 12.2 Å². The van der Waals surface area contributed by atoms with E-state index in [1.807, 2.05) is 0 Å². The Kier molecular flexibility index (Phi) is 2.69. The third kappa shape index (κ3) is 1.69. The minimum Gasteiger partial charge on any atom is -0.303 e. The van der Waals surface area contributed by atoms with Crippen LogP contribution in [0.25, 0.3) is 0 Å². The fourth-order valence-corrected chi connectivity index (χ4v) is 1.06. The van der Waals surface area contributed by atoms with Crippen LogP contribution in [0.5, 0.6) is 0 Å². The Hall–Kier alpha value is -1.78. The zero-order valence-corrected chi connectivity index (χ0v) is 6.67. The molecule has 1 aliphatic rings. The van der Waals surface area contributed by atoms with Crippen LogP contribution in [-0.2, 0) is 19.2 Å². The third-order valence-corrected chi connectivity index (χ3v) is 1.67. The van der Waals surface area contributed by atoms with Crippen LogP contribution in [0.2, 0.25) is 0 Å². The first-order valence-electron chi connectivity index (χ1n) is 3.65. The molecule has 1 heterocycles. The molecule has 5 nitrogen and oxygen atoms in total. The van der Waals surface area contributed by atoms with Gasteiger partial charge in [-0.1, -0.05) is 0 Å². The second kappa shape index (κ2) is 3.75. The van der Waals surface area contributed by atoms with Crippen molar-refractivity contribution < 1.29 is 19.2 Å². The number of rotatable bonds is 4. The molecule has 0 saturated heterocycles. The van der Waals surface area contributed by atoms with E-state index in [0.717, 1.165) is 17.1 Å². The van der Waals surface area contributed by atoms with Crippen LogP contribution in [0, 0.1) is 0 Å². The first-order chi connectivity index (χ1) is 6.20. The molecule has 2 amide bonds. The van der Waals surface area contributed by atoms with Crippen molar-refractivity contribution in [3.8, 4) is 0 Å². The summed E-state index contributed by atoms with van der Waals surface area (Å²) in [6.07, 6.45) is 2.91. The summed E-state index contributed by atoms with van der Waals surface area (Å²) in [7, 11) is 0. The molecule has 0 aromatic rings. The Labute approximate surface area is 74.0 Å². The summed E-state index contributed by atoms with van der Waals surface area (Å²) in [6, 6.07) is -0.965. The number of nitrogens with zero attached hydrogens (tertiary/aromatic N) is 1. The van der Waals surface area contributed by atoms with Crippen molar-refractivity contribution >= 4 is 24.4 Å². The van der Waals surface area contributed by atoms with Gasteiger partial charge in [-0.05, 0) is 0 Å². The van der Waals surface area contributed by atoms with Crippen LogP contribution in [0.3, 0.4) is 0 Å². The molecule has 68 valence electrons. The summed E-state index contributed by atoms with van der Waals surface area (Å²) in [4.78, 5) is 43.3. The second-order valence-corrected chi connectivity index (χ2v) is 2.49. The van der Waals surface area contributed by atoms with E-state index >= 15 is 0 Å². The predicted molar refractivity (Wildman–Crippen MR) is 41.5 cm³/mol. The van der Waals surface area contributed by atoms with E-state index in [2.05, 4.69) is 0 Å². The van der Waals surface area contributed by atoms with E-state index in [0.29, 0.717) is 12.6 Å². The minimum absolute atomic E-state index is 0.150. The highest BCUT2D eigenvalue weighted by atomic mass is 16.2. The smallest absolute Gasteiger partial charge is 0.254 e. The number of imide groups is 1. The van der Waals surface area contributed by atoms with Gasteiger partial charge in [0.25, 0.3) is 11.8 Å². The summed E-state index contributed by atoms with van der Waals surface area (Å²) in [6.45, 7) is 0. The number of amides is 2. The van der Waals surface area contributed by atoms with Gasteiger partial charge in [0.2, 0.25) is 0 Å². The largest absolute Gasteiger partial charge is 0.303 e. The standard InChI is InChI=1S/C8H7NO4/c10-4-3-6(5-11)9-7(12)1-2-8(9)13/h1-2,4-6H,3H2. The Bertz CT molecular complexity index is 277. The molecule has 0 spiro atoms. The van der Waals surface area contributed by atoms with Gasteiger partial charge in [0, 0.05) is 18.6 Å². The van der Waals surface area contributed by atoms with Crippen LogP contribution >= 0.6 is 0 Å². The molecule has 0 fully saturated rings. The number of carbonyl (C=O) groups is 4. The van der Waals surface area contributed by atoms with Crippen LogP contribution in [0.1, 0.15) is 6.42 Å². The van der Waals surface area contributed by atoms with Gasteiger partial charge >= 0.3 is 0 Å². The lowest BCUT2D eigenvalue weighted by molar-refractivity contribution is -0.142. The Balaban J connectivity index is 2.79. The van der Waals surface area contributed by atoms with E-state index in [4.69, 9.17) is 0 Å². The monoisotopic (exact) mass is 181 g/mol. The minimum atomic E-state index is -0.965. The highest BCUT2D eigenvalue weighted by Gasteiger charge is 2.30. The predicted octanol–water partition coefficient (Wildman–Crippen LogP) is -0.932. The van der Waals surface area contributed by atoms with Crippen molar-refractivity contribution in [3.05, 3.63) is 12.2 Å². The van der Waals surface area contributed by atoms with Gasteiger partial charge in [-0.3, -0.25) is 14.5 Å². The van der Waals surface area contributed by atoms with E-state index < -0.39 is 17.9 Å². The van der Waals surface area contributed by atoms with Crippen molar-refractivity contribution in [3.63, 3.8) is 0 Å². The number of aldehydes is 2. The van der Waals surface area contributed by atoms with Gasteiger partial charge in [0.1, 0.15) is 18.6 Å². The lowest BCUT2D eigenvalue weighted by Gasteiger charge is -2.18. The summed E-state index contributed by atoms with van der Waals surface area (Å²) in [5, 5.41) is 0. The summed E-state index contributed by atoms with van der Waals surface area (Å²) >= 11 is 0. The first kappa shape index (κ1) is 9.31. The quantitative estimate of drug-likeness (QED) is 0.415. The molecule has 1 unspecified atom stereocenters. The third-order valence-electron chi connectivity index (χ3n) is 1.67. The maximum atomic E-state index is 11.0. The molecular weight excluding hydrogens is 174 g/mol. The van der Waals surface area contributed by atoms with E-state index in [9.17, 15) is 19.2 Å². The highest BCUT2D eigenvalue weighted by molar-refractivity contribution is 6.14. The highest BCUT2D eigenvalue weighted by Crippen LogP contribution is 2.09. The number of hydrogen-bond acceptors (Lipinski definition) is 4. The molecule has 0 saturated carbocycles. The van der Waals surface area contributed by atoms with Gasteiger partial charge in [0.05, 0.1) is 0 Å². The van der Waals surface area contributed by atoms with Crippen molar-refractivity contribution in [2.75, 3.05) is 0 Å². The average molecular weight is 181 g/mol. The fraction of sp³-hybridized carbons (Fsp3) is 0.250. The zero-order valence-electron chi connectivity index (χ0n) is 6.67. The first-order valence-corrected chi connectivity index (χ1v) is 3.65. The van der Waals surface area contributed by atoms with E-state index in [1.165, 1.54) is 0 Å². The summed E-state index contributed by atoms with van der Waals surface area (Å²) < 4.78 is 0. The summed E-state index contributed by atoms with van der Waals surface area (Å²) in [5.41, 5.74) is 0. The topological polar surface area (TPSA) is 71.5 Å². The molecule has 0 bridgehead atoms. The molecule has 1 atom stereocenters. The van der Waals surface area contributed by atoms with Crippen LogP contribution in [-0.4, -0.2) is 35.3 Å². The maximum Gasteiger partial charge on any atom is 0.254 e. The lowest BCUT2D eigenvalue weighted by atomic mass is 10.2. The van der Waals surface area contributed by atoms with Crippen LogP contribution < -0.4 is 0 Å². The molecule has 1 aliphatic heterocycles. The average Bonchev–Trinajstić information content (AvgIpc) is 2.43. The number of carbonyl (C=O) groups excluding carboxylic acids is 4. The molecule has 0 N–H and O–H groups in total. The van der Waals surface area contributed by atoms with E-state index in [-0.39, 0.29) is 6.42 Å². The molecule has 0 radical (unpaired) electrons.